The molecule has 3 nitrogen and oxygen atoms in total. The van der Waals surface area contributed by atoms with Gasteiger partial charge in [0.1, 0.15) is 0 Å². The van der Waals surface area contributed by atoms with Crippen LogP contribution in [-0.2, 0) is 0 Å². The maximum Gasteiger partial charge on any atom is 0.0789 e. The molecular formula is C51H33N3. The zero-order chi connectivity index (χ0) is 35.6. The summed E-state index contributed by atoms with van der Waals surface area (Å²) in [5.41, 5.74) is 13.4. The van der Waals surface area contributed by atoms with E-state index < -0.39 is 0 Å². The van der Waals surface area contributed by atoms with Gasteiger partial charge in [-0.1, -0.05) is 152 Å². The van der Waals surface area contributed by atoms with Crippen LogP contribution in [0.2, 0.25) is 0 Å². The Balaban J connectivity index is 1.19. The lowest BCUT2D eigenvalue weighted by atomic mass is 10.00. The van der Waals surface area contributed by atoms with Gasteiger partial charge in [-0.25, -0.2) is 4.98 Å². The molecular weight excluding hydrogens is 655 g/mol. The molecule has 11 rings (SSSR count). The van der Waals surface area contributed by atoms with E-state index in [1.165, 1.54) is 59.9 Å². The summed E-state index contributed by atoms with van der Waals surface area (Å²) in [6, 6.07) is 71.9. The molecule has 0 N–H and O–H groups in total. The van der Waals surface area contributed by atoms with Crippen LogP contribution in [0.15, 0.2) is 200 Å². The van der Waals surface area contributed by atoms with E-state index in [-0.39, 0.29) is 0 Å². The number of benzene rings is 8. The van der Waals surface area contributed by atoms with E-state index in [1.807, 2.05) is 0 Å². The number of nitrogens with zero attached hydrogens (tertiary/aromatic N) is 3. The molecule has 0 fully saturated rings. The number of rotatable bonds is 5. The van der Waals surface area contributed by atoms with E-state index >= 15 is 0 Å². The Kier molecular flexibility index (Phi) is 6.86. The van der Waals surface area contributed by atoms with Gasteiger partial charge in [0.25, 0.3) is 0 Å². The van der Waals surface area contributed by atoms with Crippen LogP contribution in [-0.4, -0.2) is 14.1 Å². The van der Waals surface area contributed by atoms with Crippen molar-refractivity contribution in [2.45, 2.75) is 0 Å². The first kappa shape index (κ1) is 30.4. The highest BCUT2D eigenvalue weighted by Gasteiger charge is 2.22. The molecule has 0 saturated heterocycles. The summed E-state index contributed by atoms with van der Waals surface area (Å²) < 4.78 is 4.92. The molecule has 0 spiro atoms. The second-order valence-electron chi connectivity index (χ2n) is 14.0. The van der Waals surface area contributed by atoms with Gasteiger partial charge in [-0.05, 0) is 70.4 Å². The number of aromatic nitrogens is 3. The molecule has 0 aliphatic carbocycles. The van der Waals surface area contributed by atoms with E-state index in [0.29, 0.717) is 0 Å². The first-order valence-corrected chi connectivity index (χ1v) is 18.5. The number of pyridine rings is 1. The first-order valence-electron chi connectivity index (χ1n) is 18.5. The van der Waals surface area contributed by atoms with Crippen LogP contribution in [0, 0.1) is 0 Å². The Labute approximate surface area is 312 Å². The molecule has 8 aromatic carbocycles. The Morgan fingerprint density at radius 2 is 0.852 bits per heavy atom. The summed E-state index contributed by atoms with van der Waals surface area (Å²) in [7, 11) is 0. The summed E-state index contributed by atoms with van der Waals surface area (Å²) in [5, 5.41) is 7.48. The minimum atomic E-state index is 0.946. The van der Waals surface area contributed by atoms with E-state index in [1.54, 1.807) is 0 Å². The molecule has 3 heteroatoms. The Bertz CT molecular complexity index is 3120. The SMILES string of the molecule is c1ccc(-c2cc(-c3ccccc3)nc(-c3ccc(-n4c5ccc6ccccc6c5c5ccc6c7ccccc7n(-c7ccccc7)c6c54)cc3)c2)cc1. The van der Waals surface area contributed by atoms with Crippen molar-refractivity contribution in [1.82, 2.24) is 14.1 Å². The minimum Gasteiger partial charge on any atom is -0.307 e. The van der Waals surface area contributed by atoms with E-state index in [0.717, 1.165) is 39.5 Å². The maximum absolute atomic E-state index is 5.23. The van der Waals surface area contributed by atoms with Crippen molar-refractivity contribution in [2.75, 3.05) is 0 Å². The van der Waals surface area contributed by atoms with Gasteiger partial charge in [0, 0.05) is 44.0 Å². The average molecular weight is 688 g/mol. The second kappa shape index (κ2) is 12.2. The predicted octanol–water partition coefficient (Wildman–Crippen LogP) is 13.4. The van der Waals surface area contributed by atoms with Crippen LogP contribution in [0.3, 0.4) is 0 Å². The van der Waals surface area contributed by atoms with Gasteiger partial charge in [0.2, 0.25) is 0 Å². The summed E-state index contributed by atoms with van der Waals surface area (Å²) in [6.07, 6.45) is 0. The lowest BCUT2D eigenvalue weighted by Crippen LogP contribution is -1.99. The summed E-state index contributed by atoms with van der Waals surface area (Å²) >= 11 is 0. The Morgan fingerprint density at radius 1 is 0.315 bits per heavy atom. The van der Waals surface area contributed by atoms with Crippen molar-refractivity contribution in [3.8, 4) is 45.0 Å². The van der Waals surface area contributed by atoms with Crippen LogP contribution >= 0.6 is 0 Å². The monoisotopic (exact) mass is 687 g/mol. The number of hydrogen-bond donors (Lipinski definition) is 0. The molecule has 11 aromatic rings. The third kappa shape index (κ3) is 4.72. The quantitative estimate of drug-likeness (QED) is 0.177. The fourth-order valence-corrected chi connectivity index (χ4v) is 8.45. The molecule has 0 amide bonds. The van der Waals surface area contributed by atoms with Crippen molar-refractivity contribution >= 4 is 54.4 Å². The first-order chi connectivity index (χ1) is 26.8. The lowest BCUT2D eigenvalue weighted by molar-refractivity contribution is 1.15. The zero-order valence-electron chi connectivity index (χ0n) is 29.4. The molecule has 0 saturated carbocycles. The van der Waals surface area contributed by atoms with E-state index in [2.05, 4.69) is 209 Å². The molecule has 0 unspecified atom stereocenters. The highest BCUT2D eigenvalue weighted by atomic mass is 15.0. The molecule has 252 valence electrons. The number of hydrogen-bond acceptors (Lipinski definition) is 1. The van der Waals surface area contributed by atoms with Crippen molar-refractivity contribution in [2.24, 2.45) is 0 Å². The lowest BCUT2D eigenvalue weighted by Gasteiger charge is -2.14. The standard InChI is InChI=1S/C51H33N3/c1-4-14-34(15-5-1)38-32-45(36-17-6-2-7-18-36)52-46(33-38)37-24-27-40(28-25-37)54-48-31-26-35-16-10-11-21-41(35)49(48)44-30-29-43-42-22-12-13-23-47(42)53(50(43)51(44)54)39-19-8-3-9-20-39/h1-33H. The molecule has 0 atom stereocenters. The maximum atomic E-state index is 5.23. The fraction of sp³-hybridized carbons (Fsp3) is 0. The highest BCUT2D eigenvalue weighted by Crippen LogP contribution is 2.44. The van der Waals surface area contributed by atoms with E-state index in [9.17, 15) is 0 Å². The van der Waals surface area contributed by atoms with Gasteiger partial charge < -0.3 is 9.13 Å². The Hall–Kier alpha value is -7.23. The number of fused-ring (bicyclic) bond motifs is 9. The van der Waals surface area contributed by atoms with Crippen molar-refractivity contribution in [3.05, 3.63) is 200 Å². The van der Waals surface area contributed by atoms with Gasteiger partial charge in [0.05, 0.1) is 33.5 Å². The smallest absolute Gasteiger partial charge is 0.0789 e. The van der Waals surface area contributed by atoms with Crippen molar-refractivity contribution in [1.29, 1.82) is 0 Å². The summed E-state index contributed by atoms with van der Waals surface area (Å²) in [5.74, 6) is 0. The summed E-state index contributed by atoms with van der Waals surface area (Å²) in [6.45, 7) is 0. The molecule has 0 aliphatic heterocycles. The van der Waals surface area contributed by atoms with Crippen molar-refractivity contribution in [3.63, 3.8) is 0 Å². The minimum absolute atomic E-state index is 0.946. The van der Waals surface area contributed by atoms with Gasteiger partial charge in [-0.3, -0.25) is 0 Å². The normalized spacial score (nSPS) is 11.7. The van der Waals surface area contributed by atoms with Gasteiger partial charge in [-0.15, -0.1) is 0 Å². The van der Waals surface area contributed by atoms with Gasteiger partial charge in [-0.2, -0.15) is 0 Å². The Morgan fingerprint density at radius 3 is 1.59 bits per heavy atom. The van der Waals surface area contributed by atoms with Crippen LogP contribution < -0.4 is 0 Å². The topological polar surface area (TPSA) is 22.8 Å². The fourth-order valence-electron chi connectivity index (χ4n) is 8.45. The van der Waals surface area contributed by atoms with Crippen molar-refractivity contribution < 1.29 is 0 Å². The molecule has 3 heterocycles. The molecule has 54 heavy (non-hydrogen) atoms. The van der Waals surface area contributed by atoms with Crippen LogP contribution in [0.4, 0.5) is 0 Å². The predicted molar refractivity (Wildman–Crippen MR) is 227 cm³/mol. The number of para-hydroxylation sites is 2. The zero-order valence-corrected chi connectivity index (χ0v) is 29.4. The molecule has 0 aliphatic rings. The molecule has 3 aromatic heterocycles. The highest BCUT2D eigenvalue weighted by molar-refractivity contribution is 6.28. The van der Waals surface area contributed by atoms with Crippen LogP contribution in [0.5, 0.6) is 0 Å². The van der Waals surface area contributed by atoms with Gasteiger partial charge in [0.15, 0.2) is 0 Å². The molecule has 0 bridgehead atoms. The van der Waals surface area contributed by atoms with E-state index in [4.69, 9.17) is 4.98 Å². The van der Waals surface area contributed by atoms with Crippen LogP contribution in [0.1, 0.15) is 0 Å². The molecule has 0 radical (unpaired) electrons. The largest absolute Gasteiger partial charge is 0.307 e. The summed E-state index contributed by atoms with van der Waals surface area (Å²) in [4.78, 5) is 5.23. The van der Waals surface area contributed by atoms with Crippen LogP contribution in [0.25, 0.3) is 99.4 Å². The third-order valence-corrected chi connectivity index (χ3v) is 10.9. The second-order valence-corrected chi connectivity index (χ2v) is 14.0. The average Bonchev–Trinajstić information content (AvgIpc) is 3.78. The van der Waals surface area contributed by atoms with Gasteiger partial charge >= 0.3 is 0 Å². The third-order valence-electron chi connectivity index (χ3n) is 10.9.